The number of hydrogen-bond acceptors (Lipinski definition) is 10. The number of amides is 1. The van der Waals surface area contributed by atoms with Gasteiger partial charge in [0.2, 0.25) is 12.7 Å². The van der Waals surface area contributed by atoms with Crippen molar-refractivity contribution in [3.05, 3.63) is 41.3 Å². The minimum atomic E-state index is -5.08. The van der Waals surface area contributed by atoms with Crippen molar-refractivity contribution in [3.63, 3.8) is 0 Å². The largest absolute Gasteiger partial charge is 0.490 e. The minimum absolute atomic E-state index is 0.00492. The Balaban J connectivity index is 0.000000610. The predicted octanol–water partition coefficient (Wildman–Crippen LogP) is 6.58. The van der Waals surface area contributed by atoms with Gasteiger partial charge in [0.15, 0.2) is 0 Å². The molecule has 1 aromatic carbocycles. The lowest BCUT2D eigenvalue weighted by Gasteiger charge is -2.40. The summed E-state index contributed by atoms with van der Waals surface area (Å²) in [5.41, 5.74) is 7.42. The van der Waals surface area contributed by atoms with Crippen molar-refractivity contribution in [1.82, 2.24) is 4.90 Å². The number of piperidine rings is 1. The van der Waals surface area contributed by atoms with Gasteiger partial charge in [0, 0.05) is 16.8 Å². The van der Waals surface area contributed by atoms with Crippen LogP contribution in [-0.2, 0) is 28.7 Å². The zero-order valence-corrected chi connectivity index (χ0v) is 30.9. The molecule has 12 nitrogen and oxygen atoms in total. The fraction of sp³-hybridized carbons (Fsp3) is 0.571. The van der Waals surface area contributed by atoms with Crippen LogP contribution < -0.4 is 10.6 Å². The zero-order chi connectivity index (χ0) is 41.0. The van der Waals surface area contributed by atoms with Crippen molar-refractivity contribution >= 4 is 46.8 Å². The highest BCUT2D eigenvalue weighted by atomic mass is 32.1. The van der Waals surface area contributed by atoms with Gasteiger partial charge in [0.25, 0.3) is 0 Å². The fourth-order valence-electron chi connectivity index (χ4n) is 5.48. The van der Waals surface area contributed by atoms with Gasteiger partial charge < -0.3 is 35.2 Å². The number of likely N-dealkylation sites (tertiary alicyclic amines) is 1. The van der Waals surface area contributed by atoms with E-state index in [2.05, 4.69) is 18.9 Å². The SMILES string of the molecule is CC1CCC(C(=O)N(c2cc(-c3ccccc3)sc2C(=O)OCOC(=O)C(N)C(C)C)C2CCN(C)CC2)CC1.O=C(O)C(F)(F)F.O=C(O)C(F)(F)F. The molecular weight excluding hydrogens is 752 g/mol. The van der Waals surface area contributed by atoms with Gasteiger partial charge in [-0.3, -0.25) is 9.59 Å². The Bertz CT molecular complexity index is 1530. The van der Waals surface area contributed by atoms with Crippen molar-refractivity contribution in [2.45, 2.75) is 83.7 Å². The first-order chi connectivity index (χ1) is 25.0. The smallest absolute Gasteiger partial charge is 0.475 e. The topological polar surface area (TPSA) is 177 Å². The van der Waals surface area contributed by atoms with E-state index in [1.165, 1.54) is 11.3 Å². The first-order valence-electron chi connectivity index (χ1n) is 16.9. The highest BCUT2D eigenvalue weighted by molar-refractivity contribution is 7.18. The van der Waals surface area contributed by atoms with Crippen LogP contribution in [0, 0.1) is 17.8 Å². The number of thiophene rings is 1. The number of carboxylic acids is 2. The molecule has 1 atom stereocenters. The molecule has 1 saturated heterocycles. The lowest BCUT2D eigenvalue weighted by molar-refractivity contribution is -0.193. The third-order valence-electron chi connectivity index (χ3n) is 8.74. The highest BCUT2D eigenvalue weighted by Gasteiger charge is 2.39. The number of esters is 2. The summed E-state index contributed by atoms with van der Waals surface area (Å²) < 4.78 is 74.1. The number of ether oxygens (including phenoxy) is 2. The van der Waals surface area contributed by atoms with E-state index >= 15 is 0 Å². The predicted molar refractivity (Wildman–Crippen MR) is 185 cm³/mol. The van der Waals surface area contributed by atoms with Gasteiger partial charge in [0.1, 0.15) is 10.9 Å². The Morgan fingerprint density at radius 2 is 1.39 bits per heavy atom. The number of benzene rings is 1. The average molecular weight is 798 g/mol. The summed E-state index contributed by atoms with van der Waals surface area (Å²) in [5, 5.41) is 14.2. The Morgan fingerprint density at radius 3 is 1.85 bits per heavy atom. The van der Waals surface area contributed by atoms with E-state index in [9.17, 15) is 40.7 Å². The van der Waals surface area contributed by atoms with Gasteiger partial charge >= 0.3 is 36.2 Å². The van der Waals surface area contributed by atoms with Gasteiger partial charge in [-0.2, -0.15) is 26.3 Å². The van der Waals surface area contributed by atoms with E-state index in [0.717, 1.165) is 62.1 Å². The van der Waals surface area contributed by atoms with Crippen LogP contribution in [0.3, 0.4) is 0 Å². The molecule has 302 valence electrons. The summed E-state index contributed by atoms with van der Waals surface area (Å²) in [5.74, 6) is -6.17. The first-order valence-corrected chi connectivity index (χ1v) is 17.8. The molecule has 1 aliphatic heterocycles. The van der Waals surface area contributed by atoms with E-state index in [4.69, 9.17) is 35.0 Å². The second kappa shape index (κ2) is 20.5. The summed E-state index contributed by atoms with van der Waals surface area (Å²) in [6, 6.07) is 11.0. The molecule has 4 rings (SSSR count). The number of anilines is 1. The number of carboxylic acid groups (broad SMARTS) is 2. The van der Waals surface area contributed by atoms with Crippen LogP contribution in [0.5, 0.6) is 0 Å². The Morgan fingerprint density at radius 1 is 0.889 bits per heavy atom. The maximum absolute atomic E-state index is 14.2. The summed E-state index contributed by atoms with van der Waals surface area (Å²) in [7, 11) is 2.10. The number of nitrogens with zero attached hydrogens (tertiary/aromatic N) is 2. The molecule has 0 radical (unpaired) electrons. The van der Waals surface area contributed by atoms with Crippen LogP contribution in [0.25, 0.3) is 10.4 Å². The maximum Gasteiger partial charge on any atom is 0.490 e. The molecule has 4 N–H and O–H groups in total. The minimum Gasteiger partial charge on any atom is -0.475 e. The molecule has 54 heavy (non-hydrogen) atoms. The number of nitrogens with two attached hydrogens (primary N) is 1. The van der Waals surface area contributed by atoms with Crippen LogP contribution in [0.1, 0.15) is 69.0 Å². The Kier molecular flexibility index (Phi) is 17.4. The third-order valence-corrected chi connectivity index (χ3v) is 9.89. The number of aliphatic carboxylic acids is 2. The van der Waals surface area contributed by atoms with Crippen molar-refractivity contribution in [2.24, 2.45) is 23.5 Å². The Labute approximate surface area is 312 Å². The summed E-state index contributed by atoms with van der Waals surface area (Å²) in [6.45, 7) is 7.13. The summed E-state index contributed by atoms with van der Waals surface area (Å²) >= 11 is 1.30. The number of carbonyl (C=O) groups is 5. The fourth-order valence-corrected chi connectivity index (χ4v) is 6.53. The van der Waals surface area contributed by atoms with Gasteiger partial charge in [0.05, 0.1) is 5.69 Å². The second-order valence-corrected chi connectivity index (χ2v) is 14.3. The lowest BCUT2D eigenvalue weighted by Crippen LogP contribution is -2.49. The van der Waals surface area contributed by atoms with Crippen molar-refractivity contribution in [1.29, 1.82) is 0 Å². The molecule has 2 heterocycles. The molecule has 0 bridgehead atoms. The number of hydrogen-bond donors (Lipinski definition) is 3. The molecule has 2 fully saturated rings. The maximum atomic E-state index is 14.2. The monoisotopic (exact) mass is 797 g/mol. The van der Waals surface area contributed by atoms with Crippen LogP contribution in [0.15, 0.2) is 36.4 Å². The van der Waals surface area contributed by atoms with Gasteiger partial charge in [-0.05, 0) is 82.1 Å². The lowest BCUT2D eigenvalue weighted by atomic mass is 9.82. The van der Waals surface area contributed by atoms with Gasteiger partial charge in [-0.15, -0.1) is 11.3 Å². The third kappa shape index (κ3) is 14.2. The molecule has 2 aromatic rings. The normalized spacial score (nSPS) is 18.6. The van der Waals surface area contributed by atoms with E-state index in [1.807, 2.05) is 55.1 Å². The van der Waals surface area contributed by atoms with Crippen molar-refractivity contribution < 1.29 is 70.0 Å². The number of rotatable bonds is 9. The molecule has 2 aliphatic rings. The molecular formula is C35H45F6N3O9S. The number of halogens is 6. The number of carbonyl (C=O) groups excluding carboxylic acids is 3. The molecule has 1 saturated carbocycles. The van der Waals surface area contributed by atoms with Crippen LogP contribution in [-0.4, -0.2) is 96.3 Å². The zero-order valence-electron chi connectivity index (χ0n) is 30.1. The first kappa shape index (κ1) is 45.9. The Hall–Kier alpha value is -4.23. The van der Waals surface area contributed by atoms with Crippen LogP contribution in [0.2, 0.25) is 0 Å². The van der Waals surface area contributed by atoms with E-state index in [-0.39, 0.29) is 23.8 Å². The van der Waals surface area contributed by atoms with Crippen LogP contribution in [0.4, 0.5) is 32.0 Å². The van der Waals surface area contributed by atoms with E-state index < -0.39 is 49.1 Å². The molecule has 1 aliphatic carbocycles. The van der Waals surface area contributed by atoms with Crippen molar-refractivity contribution in [3.8, 4) is 10.4 Å². The standard InChI is InChI=1S/C31H43N3O5S.2C2HF3O2/c1-20(2)27(32)30(36)38-19-39-31(37)28-25(18-26(40-28)22-8-6-5-7-9-22)34(24-14-16-33(4)17-15-24)29(35)23-12-10-21(3)11-13-23;2*3-2(4,5)1(6)7/h5-9,18,20-21,23-24,27H,10-17,19,32H2,1-4H3;2*(H,6,7). The summed E-state index contributed by atoms with van der Waals surface area (Å²) in [4.78, 5) is 63.1. The van der Waals surface area contributed by atoms with Gasteiger partial charge in [-0.1, -0.05) is 51.1 Å². The molecule has 1 unspecified atom stereocenters. The van der Waals surface area contributed by atoms with E-state index in [1.54, 1.807) is 0 Å². The summed E-state index contributed by atoms with van der Waals surface area (Å²) in [6.07, 6.45) is -4.69. The molecule has 1 amide bonds. The van der Waals surface area contributed by atoms with Gasteiger partial charge in [-0.25, -0.2) is 14.4 Å². The second-order valence-electron chi connectivity index (χ2n) is 13.3. The van der Waals surface area contributed by atoms with Crippen LogP contribution >= 0.6 is 11.3 Å². The quantitative estimate of drug-likeness (QED) is 0.142. The molecule has 19 heteroatoms. The molecule has 0 spiro atoms. The molecule has 1 aromatic heterocycles. The van der Waals surface area contributed by atoms with Crippen molar-refractivity contribution in [2.75, 3.05) is 31.8 Å². The number of alkyl halides is 6. The van der Waals surface area contributed by atoms with E-state index in [0.29, 0.717) is 16.5 Å². The highest BCUT2D eigenvalue weighted by Crippen LogP contribution is 2.41. The average Bonchev–Trinajstić information content (AvgIpc) is 3.54.